The molecule has 2 amide bonds. The average molecular weight is 332 g/mol. The van der Waals surface area contributed by atoms with E-state index in [9.17, 15) is 19.8 Å². The average Bonchev–Trinajstić information content (AvgIpc) is 2.61. The number of nitrogens with zero attached hydrogens (tertiary/aromatic N) is 2. The lowest BCUT2D eigenvalue weighted by molar-refractivity contribution is 0.0616. The zero-order valence-electron chi connectivity index (χ0n) is 12.9. The molecule has 0 unspecified atom stereocenters. The van der Waals surface area contributed by atoms with Gasteiger partial charge < -0.3 is 10.2 Å². The molecule has 0 atom stereocenters. The van der Waals surface area contributed by atoms with Crippen LogP contribution in [0.1, 0.15) is 26.3 Å². The Morgan fingerprint density at radius 3 is 2.12 bits per heavy atom. The van der Waals surface area contributed by atoms with Crippen LogP contribution in [0, 0.1) is 0 Å². The van der Waals surface area contributed by atoms with Gasteiger partial charge in [0.25, 0.3) is 11.8 Å². The first-order chi connectivity index (χ1) is 12.1. The highest BCUT2D eigenvalue weighted by atomic mass is 16.3. The second-order valence-corrected chi connectivity index (χ2v) is 5.62. The monoisotopic (exact) mass is 332 g/mol. The van der Waals surface area contributed by atoms with Crippen molar-refractivity contribution in [3.8, 4) is 11.5 Å². The van der Waals surface area contributed by atoms with Gasteiger partial charge in [-0.1, -0.05) is 24.3 Å². The van der Waals surface area contributed by atoms with Crippen molar-refractivity contribution in [1.82, 2.24) is 5.01 Å². The Hall–Kier alpha value is -3.67. The summed E-state index contributed by atoms with van der Waals surface area (Å²) in [4.78, 5) is 25.3. The lowest BCUT2D eigenvalue weighted by Crippen LogP contribution is -2.36. The van der Waals surface area contributed by atoms with Gasteiger partial charge in [-0.2, -0.15) is 10.1 Å². The maximum Gasteiger partial charge on any atom is 0.282 e. The first kappa shape index (κ1) is 14.9. The molecule has 25 heavy (non-hydrogen) atoms. The fourth-order valence-electron chi connectivity index (χ4n) is 2.88. The number of hydrogen-bond acceptors (Lipinski definition) is 5. The lowest BCUT2D eigenvalue weighted by Gasteiger charge is -2.23. The maximum atomic E-state index is 12.7. The molecule has 6 heteroatoms. The van der Waals surface area contributed by atoms with Crippen LogP contribution in [0.25, 0.3) is 10.8 Å². The van der Waals surface area contributed by atoms with Gasteiger partial charge in [0.2, 0.25) is 0 Å². The van der Waals surface area contributed by atoms with Crippen molar-refractivity contribution in [3.63, 3.8) is 0 Å². The van der Waals surface area contributed by atoms with Gasteiger partial charge in [-0.15, -0.1) is 0 Å². The normalized spacial score (nSPS) is 13.8. The molecule has 6 nitrogen and oxygen atoms in total. The van der Waals surface area contributed by atoms with E-state index in [0.29, 0.717) is 16.5 Å². The van der Waals surface area contributed by atoms with E-state index in [1.807, 2.05) is 12.1 Å². The Bertz CT molecular complexity index is 1020. The number of aromatic hydroxyl groups is 2. The molecule has 4 rings (SSSR count). The molecular weight excluding hydrogens is 320 g/mol. The quantitative estimate of drug-likeness (QED) is 0.558. The molecule has 0 radical (unpaired) electrons. The summed E-state index contributed by atoms with van der Waals surface area (Å²) in [5.74, 6) is -1.35. The molecule has 3 aromatic carbocycles. The number of phenols is 2. The molecule has 0 bridgehead atoms. The number of carbonyl (C=O) groups is 2. The number of phenolic OH excluding ortho intramolecular Hbond substituents is 2. The summed E-state index contributed by atoms with van der Waals surface area (Å²) in [5, 5.41) is 25.3. The molecule has 0 aromatic heterocycles. The summed E-state index contributed by atoms with van der Waals surface area (Å²) in [6.07, 6.45) is 1.21. The fraction of sp³-hybridized carbons (Fsp3) is 0. The Kier molecular flexibility index (Phi) is 3.25. The molecule has 0 fully saturated rings. The molecule has 0 saturated heterocycles. The third kappa shape index (κ3) is 2.31. The van der Waals surface area contributed by atoms with Gasteiger partial charge in [-0.3, -0.25) is 9.59 Å². The highest BCUT2D eigenvalue weighted by Gasteiger charge is 2.32. The van der Waals surface area contributed by atoms with Gasteiger partial charge in [0.1, 0.15) is 11.5 Å². The minimum absolute atomic E-state index is 0.0969. The maximum absolute atomic E-state index is 12.7. The van der Waals surface area contributed by atoms with Gasteiger partial charge in [0.05, 0.1) is 17.3 Å². The fourth-order valence-corrected chi connectivity index (χ4v) is 2.88. The van der Waals surface area contributed by atoms with Crippen LogP contribution >= 0.6 is 0 Å². The second kappa shape index (κ2) is 5.45. The molecule has 122 valence electrons. The summed E-state index contributed by atoms with van der Waals surface area (Å²) in [5.41, 5.74) is 1.08. The summed E-state index contributed by atoms with van der Waals surface area (Å²) in [6.45, 7) is 0. The SMILES string of the molecule is O=C1c2cccc3cccc(c23)C(=O)N1/N=C\c1ccc(O)cc1O. The van der Waals surface area contributed by atoms with Gasteiger partial charge in [-0.05, 0) is 29.7 Å². The van der Waals surface area contributed by atoms with E-state index < -0.39 is 11.8 Å². The van der Waals surface area contributed by atoms with Crippen molar-refractivity contribution >= 4 is 28.8 Å². The van der Waals surface area contributed by atoms with Crippen LogP contribution in [-0.2, 0) is 0 Å². The standard InChI is InChI=1S/C19H12N2O4/c22-13-8-7-12(16(23)9-13)10-20-21-18(24)14-5-1-3-11-4-2-6-15(17(11)14)19(21)25/h1-10,22-23H/b20-10-. The first-order valence-corrected chi connectivity index (χ1v) is 7.53. The van der Waals surface area contributed by atoms with Gasteiger partial charge in [0.15, 0.2) is 0 Å². The van der Waals surface area contributed by atoms with Crippen LogP contribution in [0.4, 0.5) is 0 Å². The Morgan fingerprint density at radius 1 is 0.880 bits per heavy atom. The predicted molar refractivity (Wildman–Crippen MR) is 91.8 cm³/mol. The van der Waals surface area contributed by atoms with Crippen molar-refractivity contribution in [2.45, 2.75) is 0 Å². The molecule has 1 aliphatic rings. The minimum Gasteiger partial charge on any atom is -0.508 e. The van der Waals surface area contributed by atoms with Crippen LogP contribution in [0.15, 0.2) is 59.7 Å². The summed E-state index contributed by atoms with van der Waals surface area (Å²) < 4.78 is 0. The molecule has 2 N–H and O–H groups in total. The van der Waals surface area contributed by atoms with Gasteiger partial charge >= 0.3 is 0 Å². The van der Waals surface area contributed by atoms with Crippen LogP contribution in [0.3, 0.4) is 0 Å². The van der Waals surface area contributed by atoms with Gasteiger partial charge in [-0.25, -0.2) is 0 Å². The van der Waals surface area contributed by atoms with E-state index in [1.165, 1.54) is 18.3 Å². The third-order valence-corrected chi connectivity index (χ3v) is 4.08. The van der Waals surface area contributed by atoms with Crippen LogP contribution in [0.5, 0.6) is 11.5 Å². The molecular formula is C19H12N2O4. The summed E-state index contributed by atoms with van der Waals surface area (Å²) in [7, 11) is 0. The largest absolute Gasteiger partial charge is 0.508 e. The lowest BCUT2D eigenvalue weighted by atomic mass is 9.95. The molecule has 1 aliphatic heterocycles. The minimum atomic E-state index is -0.524. The van der Waals surface area contributed by atoms with Crippen molar-refractivity contribution < 1.29 is 19.8 Å². The van der Waals surface area contributed by atoms with Crippen molar-refractivity contribution in [1.29, 1.82) is 0 Å². The molecule has 0 spiro atoms. The van der Waals surface area contributed by atoms with E-state index in [-0.39, 0.29) is 17.1 Å². The smallest absolute Gasteiger partial charge is 0.282 e. The molecule has 0 aliphatic carbocycles. The number of carbonyl (C=O) groups excluding carboxylic acids is 2. The topological polar surface area (TPSA) is 90.2 Å². The molecule has 0 saturated carbocycles. The first-order valence-electron chi connectivity index (χ1n) is 7.53. The third-order valence-electron chi connectivity index (χ3n) is 4.08. The van der Waals surface area contributed by atoms with E-state index in [4.69, 9.17) is 0 Å². The number of imide groups is 1. The van der Waals surface area contributed by atoms with Crippen molar-refractivity contribution in [2.24, 2.45) is 5.10 Å². The highest BCUT2D eigenvalue weighted by molar-refractivity contribution is 6.25. The van der Waals surface area contributed by atoms with E-state index >= 15 is 0 Å². The van der Waals surface area contributed by atoms with Crippen molar-refractivity contribution in [2.75, 3.05) is 0 Å². The molecule has 1 heterocycles. The second-order valence-electron chi connectivity index (χ2n) is 5.62. The predicted octanol–water partition coefficient (Wildman–Crippen LogP) is 2.88. The highest BCUT2D eigenvalue weighted by Crippen LogP contribution is 2.30. The zero-order chi connectivity index (χ0) is 17.6. The van der Waals surface area contributed by atoms with Crippen LogP contribution in [-0.4, -0.2) is 33.3 Å². The number of hydrogen-bond donors (Lipinski definition) is 2. The summed E-state index contributed by atoms with van der Waals surface area (Å²) >= 11 is 0. The van der Waals surface area contributed by atoms with Crippen LogP contribution < -0.4 is 0 Å². The Morgan fingerprint density at radius 2 is 1.52 bits per heavy atom. The zero-order valence-corrected chi connectivity index (χ0v) is 12.9. The molecule has 3 aromatic rings. The Labute approximate surface area is 142 Å². The number of rotatable bonds is 2. The van der Waals surface area contributed by atoms with Gasteiger partial charge in [0, 0.05) is 17.0 Å². The number of amides is 2. The Balaban J connectivity index is 1.79. The number of benzene rings is 3. The van der Waals surface area contributed by atoms with E-state index in [2.05, 4.69) is 5.10 Å². The van der Waals surface area contributed by atoms with E-state index in [0.717, 1.165) is 16.5 Å². The van der Waals surface area contributed by atoms with E-state index in [1.54, 1.807) is 24.3 Å². The number of hydrazone groups is 1. The summed E-state index contributed by atoms with van der Waals surface area (Å²) in [6, 6.07) is 14.5. The van der Waals surface area contributed by atoms with Crippen LogP contribution in [0.2, 0.25) is 0 Å². The van der Waals surface area contributed by atoms with Crippen molar-refractivity contribution in [3.05, 3.63) is 71.3 Å².